The molecule has 1 amide bonds. The normalized spacial score (nSPS) is 20.3. The molecule has 0 aromatic heterocycles. The van der Waals surface area contributed by atoms with Gasteiger partial charge in [0, 0.05) is 0 Å². The quantitative estimate of drug-likeness (QED) is 0.701. The molecule has 10 heavy (non-hydrogen) atoms. The summed E-state index contributed by atoms with van der Waals surface area (Å²) in [6.45, 7) is 0. The Bertz CT molecular complexity index is 121. The summed E-state index contributed by atoms with van der Waals surface area (Å²) in [7, 11) is 0. The zero-order valence-corrected chi connectivity index (χ0v) is 8.48. The molecule has 55 valence electrons. The number of carbonyl (C=O) groups excluding carboxylic acids is 1. The molecule has 0 unspecified atom stereocenters. The maximum absolute atomic E-state index is 11.1. The zero-order chi connectivity index (χ0) is 7.40. The van der Waals surface area contributed by atoms with E-state index >= 15 is 0 Å². The third kappa shape index (κ3) is 2.19. The molecule has 0 heterocycles. The Hall–Kier alpha value is 0.353. The second-order valence-electron chi connectivity index (χ2n) is 2.82. The summed E-state index contributed by atoms with van der Waals surface area (Å²) >= 11 is 1.13. The van der Waals surface area contributed by atoms with Gasteiger partial charge in [0.25, 0.3) is 0 Å². The average molecular weight is 217 g/mol. The van der Waals surface area contributed by atoms with Crippen LogP contribution in [0.25, 0.3) is 0 Å². The predicted octanol–water partition coefficient (Wildman–Crippen LogP) is 1.14. The Labute approximate surface area is 77.0 Å². The third-order valence-electron chi connectivity index (χ3n) is 2.10. The first-order chi connectivity index (χ1) is 4.84. The molecule has 3 heteroatoms. The van der Waals surface area contributed by atoms with Crippen LogP contribution in [0.2, 0.25) is 0 Å². The van der Waals surface area contributed by atoms with Crippen LogP contribution >= 0.6 is 0 Å². The van der Waals surface area contributed by atoms with Gasteiger partial charge in [-0.15, -0.1) is 0 Å². The molecule has 0 spiro atoms. The molecule has 0 aliphatic heterocycles. The maximum atomic E-state index is 11.1. The van der Waals surface area contributed by atoms with Gasteiger partial charge in [-0.1, -0.05) is 0 Å². The van der Waals surface area contributed by atoms with Crippen LogP contribution in [0.4, 0.5) is 0 Å². The first-order valence-electron chi connectivity index (χ1n) is 3.81. The Balaban J connectivity index is 2.31. The molecule has 1 saturated carbocycles. The molecule has 1 aliphatic carbocycles. The van der Waals surface area contributed by atoms with E-state index in [0.29, 0.717) is 5.92 Å². The average Bonchev–Trinajstić information content (AvgIpc) is 2.05. The van der Waals surface area contributed by atoms with Crippen molar-refractivity contribution in [3.05, 3.63) is 0 Å². The molecule has 1 aliphatic rings. The minimum absolute atomic E-state index is 0.276. The van der Waals surface area contributed by atoms with E-state index in [1.54, 1.807) is 0 Å². The van der Waals surface area contributed by atoms with E-state index in [-0.39, 0.29) is 5.91 Å². The number of amides is 1. The van der Waals surface area contributed by atoms with Crippen LogP contribution in [-0.2, 0) is 29.8 Å². The Morgan fingerprint density at radius 2 is 1.90 bits per heavy atom. The Morgan fingerprint density at radius 1 is 1.30 bits per heavy atom. The van der Waals surface area contributed by atoms with Crippen LogP contribution in [-0.4, -0.2) is 5.91 Å². The molecule has 2 nitrogen and oxygen atoms in total. The topological polar surface area (TPSA) is 29.1 Å². The fourth-order valence-corrected chi connectivity index (χ4v) is 1.97. The standard InChI is InChI=1S/C7H13NO.Zr/c8-7(9)6-4-2-1-3-5-6;/h6H,1-5H2,(H2,8,9);/q;+1/p-1. The van der Waals surface area contributed by atoms with Gasteiger partial charge in [0.15, 0.2) is 0 Å². The fourth-order valence-electron chi connectivity index (χ4n) is 1.47. The zero-order valence-electron chi connectivity index (χ0n) is 6.02. The molecular weight excluding hydrogens is 205 g/mol. The first kappa shape index (κ1) is 8.45. The fraction of sp³-hybridized carbons (Fsp3) is 0.857. The summed E-state index contributed by atoms with van der Waals surface area (Å²) in [6, 6.07) is 0. The van der Waals surface area contributed by atoms with Crippen LogP contribution in [0, 0.1) is 5.92 Å². The van der Waals surface area contributed by atoms with Crippen molar-refractivity contribution >= 4 is 5.91 Å². The van der Waals surface area contributed by atoms with Crippen LogP contribution in [0.1, 0.15) is 32.1 Å². The third-order valence-corrected chi connectivity index (χ3v) is 2.70. The molecule has 1 fully saturated rings. The summed E-state index contributed by atoms with van der Waals surface area (Å²) in [5.74, 6) is 0.617. The SMILES string of the molecule is O=C([NH][Zr])C1CCCCC1. The van der Waals surface area contributed by atoms with Crippen molar-refractivity contribution in [2.45, 2.75) is 32.1 Å². The number of nitrogens with one attached hydrogen (secondary N) is 1. The molecule has 0 radical (unpaired) electrons. The van der Waals surface area contributed by atoms with E-state index in [2.05, 4.69) is 3.26 Å². The van der Waals surface area contributed by atoms with E-state index < -0.39 is 0 Å². The molecule has 0 bridgehead atoms. The van der Waals surface area contributed by atoms with Gasteiger partial charge in [0.05, 0.1) is 0 Å². The van der Waals surface area contributed by atoms with Crippen molar-refractivity contribution in [1.82, 2.24) is 3.26 Å². The Morgan fingerprint density at radius 3 is 2.40 bits per heavy atom. The van der Waals surface area contributed by atoms with Gasteiger partial charge in [0.1, 0.15) is 0 Å². The van der Waals surface area contributed by atoms with E-state index in [1.807, 2.05) is 0 Å². The van der Waals surface area contributed by atoms with Crippen molar-refractivity contribution in [3.8, 4) is 0 Å². The molecule has 1 rings (SSSR count). The van der Waals surface area contributed by atoms with Crippen LogP contribution in [0.15, 0.2) is 0 Å². The van der Waals surface area contributed by atoms with Crippen LogP contribution < -0.4 is 3.26 Å². The number of rotatable bonds is 1. The summed E-state index contributed by atoms with van der Waals surface area (Å²) in [5.41, 5.74) is 0. The van der Waals surface area contributed by atoms with Crippen LogP contribution in [0.3, 0.4) is 0 Å². The molecule has 0 saturated heterocycles. The number of hydrogen-bond donors (Lipinski definition) is 1. The van der Waals surface area contributed by atoms with Gasteiger partial charge in [0.2, 0.25) is 0 Å². The van der Waals surface area contributed by atoms with Crippen LogP contribution in [0.5, 0.6) is 0 Å². The van der Waals surface area contributed by atoms with Gasteiger partial charge < -0.3 is 0 Å². The summed E-state index contributed by atoms with van der Waals surface area (Å²) < 4.78 is 2.79. The van der Waals surface area contributed by atoms with Gasteiger partial charge in [-0.3, -0.25) is 0 Å². The van der Waals surface area contributed by atoms with Gasteiger partial charge in [-0.05, 0) is 0 Å². The van der Waals surface area contributed by atoms with E-state index in [0.717, 1.165) is 37.9 Å². The Kier molecular flexibility index (Phi) is 3.61. The summed E-state index contributed by atoms with van der Waals surface area (Å²) in [4.78, 5) is 11.1. The van der Waals surface area contributed by atoms with E-state index in [4.69, 9.17) is 0 Å². The van der Waals surface area contributed by atoms with Gasteiger partial charge in [-0.25, -0.2) is 0 Å². The van der Waals surface area contributed by atoms with Crippen molar-refractivity contribution in [2.75, 3.05) is 0 Å². The van der Waals surface area contributed by atoms with Crippen molar-refractivity contribution < 1.29 is 29.8 Å². The van der Waals surface area contributed by atoms with Gasteiger partial charge >= 0.3 is 77.0 Å². The predicted molar refractivity (Wildman–Crippen MR) is 34.7 cm³/mol. The summed E-state index contributed by atoms with van der Waals surface area (Å²) in [6.07, 6.45) is 6.03. The second-order valence-corrected chi connectivity index (χ2v) is 3.44. The molecule has 1 N–H and O–H groups in total. The van der Waals surface area contributed by atoms with Crippen molar-refractivity contribution in [3.63, 3.8) is 0 Å². The van der Waals surface area contributed by atoms with Crippen molar-refractivity contribution in [2.24, 2.45) is 5.92 Å². The molecule has 0 aromatic carbocycles. The molecule has 0 aromatic rings. The monoisotopic (exact) mass is 216 g/mol. The van der Waals surface area contributed by atoms with E-state index in [9.17, 15) is 4.79 Å². The first-order valence-corrected chi connectivity index (χ1v) is 5.04. The van der Waals surface area contributed by atoms with Gasteiger partial charge in [-0.2, -0.15) is 0 Å². The van der Waals surface area contributed by atoms with E-state index in [1.165, 1.54) is 19.3 Å². The number of hydrogen-bond acceptors (Lipinski definition) is 1. The molecule has 0 atom stereocenters. The second kappa shape index (κ2) is 4.28. The molecular formula is C7H12NOZr. The minimum atomic E-state index is 0.276. The number of carbonyl (C=O) groups is 1. The van der Waals surface area contributed by atoms with Crippen molar-refractivity contribution in [1.29, 1.82) is 0 Å². The summed E-state index contributed by atoms with van der Waals surface area (Å²) in [5, 5.41) is 0.